The maximum absolute atomic E-state index is 10.7. The molecule has 0 aromatic rings. The molecule has 70 valence electrons. The van der Waals surface area contributed by atoms with Crippen molar-refractivity contribution in [1.29, 1.82) is 0 Å². The molecule has 0 aromatic carbocycles. The minimum Gasteiger partial charge on any atom is -0.466 e. The summed E-state index contributed by atoms with van der Waals surface area (Å²) < 4.78 is 4.65. The van der Waals surface area contributed by atoms with Crippen LogP contribution in [0.25, 0.3) is 0 Å². The van der Waals surface area contributed by atoms with Crippen LogP contribution in [0.5, 0.6) is 0 Å². The fourth-order valence-corrected chi connectivity index (χ4v) is 0.600. The van der Waals surface area contributed by atoms with E-state index in [4.69, 9.17) is 0 Å². The fraction of sp³-hybridized carbons (Fsp3) is 0.714. The quantitative estimate of drug-likeness (QED) is 0.583. The van der Waals surface area contributed by atoms with Gasteiger partial charge in [0.05, 0.1) is 13.0 Å². The van der Waals surface area contributed by atoms with E-state index in [1.54, 1.807) is 6.92 Å². The third-order valence-corrected chi connectivity index (χ3v) is 1.15. The fourth-order valence-electron chi connectivity index (χ4n) is 0.600. The normalized spacial score (nSPS) is 8.83. The molecule has 0 radical (unpaired) electrons. The largest absolute Gasteiger partial charge is 0.466 e. The molecule has 0 saturated carbocycles. The number of esters is 1. The highest BCUT2D eigenvalue weighted by Crippen LogP contribution is 1.83. The monoisotopic (exact) mass is 174 g/mol. The number of ether oxygens (including phenoxy) is 1. The molecule has 0 aliphatic heterocycles. The van der Waals surface area contributed by atoms with Crippen LogP contribution in [0.2, 0.25) is 0 Å². The molecule has 0 spiro atoms. The number of hydrogen-bond acceptors (Lipinski definition) is 3. The van der Waals surface area contributed by atoms with Crippen LogP contribution in [0.15, 0.2) is 0 Å². The summed E-state index contributed by atoms with van der Waals surface area (Å²) >= 11 is 0. The zero-order chi connectivity index (χ0) is 9.40. The van der Waals surface area contributed by atoms with Crippen LogP contribution in [0, 0.1) is 0 Å². The molecule has 0 aliphatic carbocycles. The maximum atomic E-state index is 10.7. The second-order valence-corrected chi connectivity index (χ2v) is 2.06. The van der Waals surface area contributed by atoms with Crippen molar-refractivity contribution in [3.8, 4) is 0 Å². The Bertz CT molecular complexity index is 159. The average molecular weight is 174 g/mol. The summed E-state index contributed by atoms with van der Waals surface area (Å²) in [5.41, 5.74) is 0. The van der Waals surface area contributed by atoms with Gasteiger partial charge in [-0.05, 0) is 6.92 Å². The van der Waals surface area contributed by atoms with Crippen molar-refractivity contribution in [2.75, 3.05) is 20.2 Å². The molecule has 2 amide bonds. The summed E-state index contributed by atoms with van der Waals surface area (Å²) in [5, 5.41) is 4.84. The Kier molecular flexibility index (Phi) is 5.77. The van der Waals surface area contributed by atoms with Crippen molar-refractivity contribution in [2.24, 2.45) is 0 Å². The summed E-state index contributed by atoms with van der Waals surface area (Å²) in [6, 6.07) is -0.292. The van der Waals surface area contributed by atoms with E-state index in [1.165, 1.54) is 7.05 Å². The Balaban J connectivity index is 3.30. The van der Waals surface area contributed by atoms with Gasteiger partial charge in [0.2, 0.25) is 0 Å². The first-order valence-electron chi connectivity index (χ1n) is 3.82. The van der Waals surface area contributed by atoms with Gasteiger partial charge >= 0.3 is 12.0 Å². The molecule has 0 rings (SSSR count). The zero-order valence-electron chi connectivity index (χ0n) is 7.35. The van der Waals surface area contributed by atoms with Crippen LogP contribution in [-0.2, 0) is 9.53 Å². The number of urea groups is 1. The lowest BCUT2D eigenvalue weighted by Crippen LogP contribution is -2.34. The molecule has 0 heterocycles. The predicted octanol–water partition coefficient (Wildman–Crippen LogP) is -0.131. The maximum Gasteiger partial charge on any atom is 0.314 e. The van der Waals surface area contributed by atoms with Crippen molar-refractivity contribution >= 4 is 12.0 Å². The number of hydrogen-bond donors (Lipinski definition) is 2. The lowest BCUT2D eigenvalue weighted by atomic mass is 10.4. The molecule has 0 aliphatic rings. The molecule has 5 heteroatoms. The van der Waals surface area contributed by atoms with Gasteiger partial charge in [0.1, 0.15) is 0 Å². The highest BCUT2D eigenvalue weighted by Gasteiger charge is 2.01. The number of carbonyl (C=O) groups is 2. The van der Waals surface area contributed by atoms with Gasteiger partial charge in [-0.3, -0.25) is 4.79 Å². The van der Waals surface area contributed by atoms with E-state index in [-0.39, 0.29) is 18.4 Å². The molecule has 5 nitrogen and oxygen atoms in total. The lowest BCUT2D eigenvalue weighted by molar-refractivity contribution is -0.142. The third-order valence-electron chi connectivity index (χ3n) is 1.15. The van der Waals surface area contributed by atoms with Crippen molar-refractivity contribution in [1.82, 2.24) is 10.6 Å². The zero-order valence-corrected chi connectivity index (χ0v) is 7.35. The molecular formula is C7H14N2O3. The van der Waals surface area contributed by atoms with E-state index in [1.807, 2.05) is 0 Å². The van der Waals surface area contributed by atoms with Crippen LogP contribution in [0.1, 0.15) is 13.3 Å². The third kappa shape index (κ3) is 5.52. The number of nitrogens with one attached hydrogen (secondary N) is 2. The van der Waals surface area contributed by atoms with Gasteiger partial charge in [-0.15, -0.1) is 0 Å². The minimum absolute atomic E-state index is 0.210. The summed E-state index contributed by atoms with van der Waals surface area (Å²) in [6.45, 7) is 2.42. The number of rotatable bonds is 4. The van der Waals surface area contributed by atoms with Gasteiger partial charge in [0, 0.05) is 13.6 Å². The number of amides is 2. The Morgan fingerprint density at radius 2 is 2.08 bits per heavy atom. The van der Waals surface area contributed by atoms with Gasteiger partial charge in [-0.1, -0.05) is 0 Å². The van der Waals surface area contributed by atoms with Crippen molar-refractivity contribution in [2.45, 2.75) is 13.3 Å². The van der Waals surface area contributed by atoms with Gasteiger partial charge in [0.15, 0.2) is 0 Å². The van der Waals surface area contributed by atoms with E-state index < -0.39 is 0 Å². The molecular weight excluding hydrogens is 160 g/mol. The van der Waals surface area contributed by atoms with Gasteiger partial charge in [-0.2, -0.15) is 0 Å². The first kappa shape index (κ1) is 10.7. The summed E-state index contributed by atoms with van der Waals surface area (Å²) in [6.07, 6.45) is 0.210. The second kappa shape index (κ2) is 6.45. The first-order chi connectivity index (χ1) is 5.70. The van der Waals surface area contributed by atoms with Gasteiger partial charge in [0.25, 0.3) is 0 Å². The molecule has 0 saturated heterocycles. The standard InChI is InChI=1S/C7H14N2O3/c1-3-12-6(10)4-5-9-7(11)8-2/h3-5H2,1-2H3,(H2,8,9,11). The Morgan fingerprint density at radius 1 is 1.42 bits per heavy atom. The summed E-state index contributed by atoms with van der Waals surface area (Å²) in [7, 11) is 1.51. The van der Waals surface area contributed by atoms with E-state index in [0.717, 1.165) is 0 Å². The Hall–Kier alpha value is -1.26. The van der Waals surface area contributed by atoms with Gasteiger partial charge in [-0.25, -0.2) is 4.79 Å². The molecule has 12 heavy (non-hydrogen) atoms. The van der Waals surface area contributed by atoms with E-state index >= 15 is 0 Å². The molecule has 0 unspecified atom stereocenters. The van der Waals surface area contributed by atoms with Crippen molar-refractivity contribution in [3.05, 3.63) is 0 Å². The minimum atomic E-state index is -0.297. The smallest absolute Gasteiger partial charge is 0.314 e. The molecule has 0 bridgehead atoms. The van der Waals surface area contributed by atoms with E-state index in [2.05, 4.69) is 15.4 Å². The van der Waals surface area contributed by atoms with Crippen molar-refractivity contribution in [3.63, 3.8) is 0 Å². The van der Waals surface area contributed by atoms with E-state index in [0.29, 0.717) is 13.2 Å². The highest BCUT2D eigenvalue weighted by molar-refractivity contribution is 5.75. The Labute approximate surface area is 71.5 Å². The average Bonchev–Trinajstić information content (AvgIpc) is 2.04. The first-order valence-corrected chi connectivity index (χ1v) is 3.82. The van der Waals surface area contributed by atoms with Crippen LogP contribution < -0.4 is 10.6 Å². The summed E-state index contributed by atoms with van der Waals surface area (Å²) in [4.78, 5) is 21.3. The van der Waals surface area contributed by atoms with Crippen LogP contribution >= 0.6 is 0 Å². The molecule has 2 N–H and O–H groups in total. The van der Waals surface area contributed by atoms with Crippen LogP contribution in [0.4, 0.5) is 4.79 Å². The van der Waals surface area contributed by atoms with Gasteiger partial charge < -0.3 is 15.4 Å². The molecule has 0 fully saturated rings. The molecule has 0 aromatic heterocycles. The SMILES string of the molecule is CCOC(=O)CCNC(=O)NC. The molecule has 0 atom stereocenters. The predicted molar refractivity (Wildman–Crippen MR) is 43.7 cm³/mol. The van der Waals surface area contributed by atoms with Crippen LogP contribution in [-0.4, -0.2) is 32.2 Å². The van der Waals surface area contributed by atoms with Crippen molar-refractivity contribution < 1.29 is 14.3 Å². The van der Waals surface area contributed by atoms with E-state index in [9.17, 15) is 9.59 Å². The van der Waals surface area contributed by atoms with Crippen LogP contribution in [0.3, 0.4) is 0 Å². The highest BCUT2D eigenvalue weighted by atomic mass is 16.5. The lowest BCUT2D eigenvalue weighted by Gasteiger charge is -2.03. The summed E-state index contributed by atoms with van der Waals surface area (Å²) in [5.74, 6) is -0.297. The topological polar surface area (TPSA) is 67.4 Å². The Morgan fingerprint density at radius 3 is 2.58 bits per heavy atom. The second-order valence-electron chi connectivity index (χ2n) is 2.06. The number of carbonyl (C=O) groups excluding carboxylic acids is 2.